The van der Waals surface area contributed by atoms with E-state index in [2.05, 4.69) is 65.2 Å². The molecule has 0 radical (unpaired) electrons. The number of hydrogen-bond acceptors (Lipinski definition) is 3. The van der Waals surface area contributed by atoms with Gasteiger partial charge in [0.05, 0.1) is 17.8 Å². The second-order valence-electron chi connectivity index (χ2n) is 6.35. The van der Waals surface area contributed by atoms with Gasteiger partial charge in [-0.2, -0.15) is 0 Å². The highest BCUT2D eigenvalue weighted by atomic mass is 79.9. The minimum atomic E-state index is -0.210. The highest BCUT2D eigenvalue weighted by molar-refractivity contribution is 9.10. The van der Waals surface area contributed by atoms with Gasteiger partial charge in [-0.05, 0) is 46.5 Å². The van der Waals surface area contributed by atoms with Gasteiger partial charge < -0.3 is 15.3 Å². The van der Waals surface area contributed by atoms with Gasteiger partial charge in [0.1, 0.15) is 0 Å². The van der Waals surface area contributed by atoms with Crippen molar-refractivity contribution in [2.45, 2.75) is 64.3 Å². The number of aliphatic hydroxyl groups is 1. The fraction of sp³-hybridized carbons (Fsp3) is 0.647. The predicted octanol–water partition coefficient (Wildman–Crippen LogP) is 3.69. The Balaban J connectivity index is 2.08. The van der Waals surface area contributed by atoms with E-state index in [9.17, 15) is 5.11 Å². The molecule has 0 heterocycles. The Bertz CT molecular complexity index is 464. The first-order chi connectivity index (χ1) is 9.99. The van der Waals surface area contributed by atoms with E-state index < -0.39 is 0 Å². The van der Waals surface area contributed by atoms with Crippen LogP contribution in [-0.2, 0) is 6.54 Å². The average Bonchev–Trinajstić information content (AvgIpc) is 2.45. The van der Waals surface area contributed by atoms with Crippen LogP contribution in [0, 0.1) is 0 Å². The number of benzene rings is 1. The van der Waals surface area contributed by atoms with E-state index in [0.29, 0.717) is 6.04 Å². The van der Waals surface area contributed by atoms with Crippen molar-refractivity contribution < 1.29 is 5.11 Å². The summed E-state index contributed by atoms with van der Waals surface area (Å²) >= 11 is 3.69. The van der Waals surface area contributed by atoms with E-state index >= 15 is 0 Å². The van der Waals surface area contributed by atoms with Crippen molar-refractivity contribution in [1.82, 2.24) is 5.32 Å². The molecule has 118 valence electrons. The lowest BCUT2D eigenvalue weighted by Crippen LogP contribution is -2.43. The van der Waals surface area contributed by atoms with Crippen molar-refractivity contribution in [3.05, 3.63) is 28.2 Å². The lowest BCUT2D eigenvalue weighted by Gasteiger charge is -2.37. The van der Waals surface area contributed by atoms with Crippen LogP contribution in [0.3, 0.4) is 0 Å². The minimum Gasteiger partial charge on any atom is -0.391 e. The van der Waals surface area contributed by atoms with E-state index in [-0.39, 0.29) is 12.1 Å². The van der Waals surface area contributed by atoms with Gasteiger partial charge in [-0.1, -0.05) is 32.8 Å². The van der Waals surface area contributed by atoms with E-state index in [4.69, 9.17) is 0 Å². The summed E-state index contributed by atoms with van der Waals surface area (Å²) in [7, 11) is 2.09. The zero-order valence-electron chi connectivity index (χ0n) is 13.3. The van der Waals surface area contributed by atoms with Crippen LogP contribution in [0.5, 0.6) is 0 Å². The van der Waals surface area contributed by atoms with Crippen molar-refractivity contribution >= 4 is 21.6 Å². The molecule has 0 aromatic heterocycles. The number of nitrogens with one attached hydrogen (secondary N) is 1. The molecule has 0 spiro atoms. The minimum absolute atomic E-state index is 0.210. The summed E-state index contributed by atoms with van der Waals surface area (Å²) in [4.78, 5) is 2.23. The fourth-order valence-corrected chi connectivity index (χ4v) is 3.70. The molecule has 1 aromatic carbocycles. The topological polar surface area (TPSA) is 35.5 Å². The lowest BCUT2D eigenvalue weighted by atomic mass is 9.91. The Kier molecular flexibility index (Phi) is 6.08. The molecule has 0 saturated heterocycles. The maximum Gasteiger partial charge on any atom is 0.0743 e. The number of likely N-dealkylation sites (N-methyl/N-ethyl adjacent to an activating group) is 1. The molecule has 1 aliphatic carbocycles. The summed E-state index contributed by atoms with van der Waals surface area (Å²) in [5.74, 6) is 0. The molecule has 2 unspecified atom stereocenters. The van der Waals surface area contributed by atoms with Gasteiger partial charge >= 0.3 is 0 Å². The van der Waals surface area contributed by atoms with Crippen molar-refractivity contribution in [1.29, 1.82) is 0 Å². The highest BCUT2D eigenvalue weighted by Crippen LogP contribution is 2.32. The first-order valence-corrected chi connectivity index (χ1v) is 8.71. The predicted molar refractivity (Wildman–Crippen MR) is 92.8 cm³/mol. The molecule has 0 amide bonds. The summed E-state index contributed by atoms with van der Waals surface area (Å²) < 4.78 is 1.10. The van der Waals surface area contributed by atoms with Crippen LogP contribution in [0.15, 0.2) is 22.7 Å². The summed E-state index contributed by atoms with van der Waals surface area (Å²) in [6, 6.07) is 7.22. The normalized spacial score (nSPS) is 22.6. The molecule has 1 aromatic rings. The molecule has 1 aliphatic rings. The molecule has 21 heavy (non-hydrogen) atoms. The molecule has 0 aliphatic heterocycles. The van der Waals surface area contributed by atoms with Crippen LogP contribution in [-0.4, -0.2) is 30.3 Å². The number of halogens is 1. The largest absolute Gasteiger partial charge is 0.391 e. The quantitative estimate of drug-likeness (QED) is 0.846. The SMILES string of the molecule is CC(C)NCc1ccc(N(C)C2CCCCC2O)c(Br)c1. The van der Waals surface area contributed by atoms with Gasteiger partial charge in [0.2, 0.25) is 0 Å². The van der Waals surface area contributed by atoms with E-state index in [1.807, 2.05) is 0 Å². The van der Waals surface area contributed by atoms with Gasteiger partial charge in [-0.15, -0.1) is 0 Å². The van der Waals surface area contributed by atoms with Gasteiger partial charge in [0, 0.05) is 24.1 Å². The number of nitrogens with zero attached hydrogens (tertiary/aromatic N) is 1. The van der Waals surface area contributed by atoms with E-state index in [1.165, 1.54) is 12.0 Å². The molecule has 4 heteroatoms. The maximum absolute atomic E-state index is 10.2. The summed E-state index contributed by atoms with van der Waals surface area (Å²) in [6.45, 7) is 5.19. The Hall–Kier alpha value is -0.580. The Morgan fingerprint density at radius 2 is 2.05 bits per heavy atom. The smallest absolute Gasteiger partial charge is 0.0743 e. The zero-order valence-corrected chi connectivity index (χ0v) is 14.9. The maximum atomic E-state index is 10.2. The molecule has 2 atom stereocenters. The van der Waals surface area contributed by atoms with Crippen molar-refractivity contribution in [2.24, 2.45) is 0 Å². The number of hydrogen-bond donors (Lipinski definition) is 2. The van der Waals surface area contributed by atoms with Gasteiger partial charge in [0.15, 0.2) is 0 Å². The third kappa shape index (κ3) is 4.44. The standard InChI is InChI=1S/C17H27BrN2O/c1-12(2)19-11-13-8-9-15(14(18)10-13)20(3)16-6-4-5-7-17(16)21/h8-10,12,16-17,19,21H,4-7,11H2,1-3H3. The third-order valence-corrected chi connectivity index (χ3v) is 4.93. The van der Waals surface area contributed by atoms with Crippen LogP contribution in [0.4, 0.5) is 5.69 Å². The number of rotatable bonds is 5. The van der Waals surface area contributed by atoms with Crippen molar-refractivity contribution in [3.63, 3.8) is 0 Å². The second-order valence-corrected chi connectivity index (χ2v) is 7.21. The first kappa shape index (κ1) is 16.8. The van der Waals surface area contributed by atoms with Crippen LogP contribution in [0.1, 0.15) is 45.1 Å². The van der Waals surface area contributed by atoms with Crippen LogP contribution < -0.4 is 10.2 Å². The Morgan fingerprint density at radius 3 is 2.67 bits per heavy atom. The first-order valence-electron chi connectivity index (χ1n) is 7.91. The fourth-order valence-electron chi connectivity index (χ4n) is 2.99. The molecule has 3 nitrogen and oxygen atoms in total. The van der Waals surface area contributed by atoms with Gasteiger partial charge in [-0.3, -0.25) is 0 Å². The molecular weight excluding hydrogens is 328 g/mol. The van der Waals surface area contributed by atoms with E-state index in [0.717, 1.165) is 36.0 Å². The Labute approximate surface area is 136 Å². The summed E-state index contributed by atoms with van der Waals surface area (Å²) in [5.41, 5.74) is 2.44. The van der Waals surface area contributed by atoms with Crippen LogP contribution in [0.2, 0.25) is 0 Å². The van der Waals surface area contributed by atoms with Gasteiger partial charge in [0.25, 0.3) is 0 Å². The second kappa shape index (κ2) is 7.61. The third-order valence-electron chi connectivity index (χ3n) is 4.30. The molecular formula is C17H27BrN2O. The molecule has 1 fully saturated rings. The number of aliphatic hydroxyl groups excluding tert-OH is 1. The lowest BCUT2D eigenvalue weighted by molar-refractivity contribution is 0.106. The molecule has 1 saturated carbocycles. The summed E-state index contributed by atoms with van der Waals surface area (Å²) in [5, 5.41) is 13.7. The van der Waals surface area contributed by atoms with Crippen molar-refractivity contribution in [2.75, 3.05) is 11.9 Å². The molecule has 2 N–H and O–H groups in total. The van der Waals surface area contributed by atoms with E-state index in [1.54, 1.807) is 0 Å². The Morgan fingerprint density at radius 1 is 1.33 bits per heavy atom. The van der Waals surface area contributed by atoms with Crippen molar-refractivity contribution in [3.8, 4) is 0 Å². The number of anilines is 1. The summed E-state index contributed by atoms with van der Waals surface area (Å²) in [6.07, 6.45) is 4.13. The monoisotopic (exact) mass is 354 g/mol. The van der Waals surface area contributed by atoms with Gasteiger partial charge in [-0.25, -0.2) is 0 Å². The zero-order chi connectivity index (χ0) is 15.4. The average molecular weight is 355 g/mol. The molecule has 2 rings (SSSR count). The van der Waals surface area contributed by atoms with Crippen LogP contribution in [0.25, 0.3) is 0 Å². The highest BCUT2D eigenvalue weighted by Gasteiger charge is 2.27. The van der Waals surface area contributed by atoms with Crippen LogP contribution >= 0.6 is 15.9 Å². The molecule has 0 bridgehead atoms.